The summed E-state index contributed by atoms with van der Waals surface area (Å²) >= 11 is 0. The highest BCUT2D eigenvalue weighted by Gasteiger charge is 2.31. The van der Waals surface area contributed by atoms with Crippen molar-refractivity contribution in [3.05, 3.63) is 64.5 Å². The molecule has 3 rings (SSSR count). The fourth-order valence-electron chi connectivity index (χ4n) is 3.95. The molecule has 1 saturated heterocycles. The van der Waals surface area contributed by atoms with Gasteiger partial charge in [0.1, 0.15) is 0 Å². The third-order valence-corrected chi connectivity index (χ3v) is 5.34. The number of rotatable bonds is 5. The van der Waals surface area contributed by atoms with E-state index < -0.39 is 5.97 Å². The lowest BCUT2D eigenvalue weighted by atomic mass is 9.92. The smallest absolute Gasteiger partial charge is 0.306 e. The summed E-state index contributed by atoms with van der Waals surface area (Å²) in [5.41, 5.74) is 6.01. The molecule has 1 aromatic heterocycles. The van der Waals surface area contributed by atoms with Crippen LogP contribution in [-0.4, -0.2) is 34.0 Å². The van der Waals surface area contributed by atoms with Gasteiger partial charge in [0, 0.05) is 6.20 Å². The summed E-state index contributed by atoms with van der Waals surface area (Å²) < 4.78 is 0. The first kappa shape index (κ1) is 18.6. The second kappa shape index (κ2) is 8.00. The number of nitrogens with zero attached hydrogens (tertiary/aromatic N) is 2. The molecule has 1 aromatic carbocycles. The van der Waals surface area contributed by atoms with Crippen LogP contribution < -0.4 is 0 Å². The zero-order valence-corrected chi connectivity index (χ0v) is 15.9. The van der Waals surface area contributed by atoms with Crippen LogP contribution >= 0.6 is 0 Å². The number of carboxylic acids is 1. The Morgan fingerprint density at radius 2 is 1.85 bits per heavy atom. The van der Waals surface area contributed by atoms with Gasteiger partial charge in [-0.2, -0.15) is 0 Å². The minimum absolute atomic E-state index is 0.0780. The first-order valence-electron chi connectivity index (χ1n) is 9.47. The van der Waals surface area contributed by atoms with Gasteiger partial charge in [0.2, 0.25) is 0 Å². The number of hydrogen-bond donors (Lipinski definition) is 1. The van der Waals surface area contributed by atoms with Crippen LogP contribution in [0.2, 0.25) is 0 Å². The van der Waals surface area contributed by atoms with Gasteiger partial charge in [-0.3, -0.25) is 14.7 Å². The minimum atomic E-state index is -0.668. The number of piperidine rings is 1. The normalized spacial score (nSPS) is 17.2. The standard InChI is InChI=1S/C22H28N2O2/c1-4-17-5-6-20(23-14-17)21(19-12-15(2)11-16(3)13-19)24-9-7-18(8-10-24)22(25)26/h5-6,11-14,18,21H,4,7-10H2,1-3H3,(H,25,26). The van der Waals surface area contributed by atoms with E-state index in [1.54, 1.807) is 0 Å². The van der Waals surface area contributed by atoms with Gasteiger partial charge in [0.05, 0.1) is 17.7 Å². The molecule has 1 fully saturated rings. The van der Waals surface area contributed by atoms with Crippen molar-refractivity contribution in [3.63, 3.8) is 0 Å². The highest BCUT2D eigenvalue weighted by molar-refractivity contribution is 5.70. The SMILES string of the molecule is CCc1ccc(C(c2cc(C)cc(C)c2)N2CCC(C(=O)O)CC2)nc1. The molecule has 138 valence electrons. The lowest BCUT2D eigenvalue weighted by Gasteiger charge is -2.36. The number of benzene rings is 1. The van der Waals surface area contributed by atoms with Crippen molar-refractivity contribution in [1.29, 1.82) is 0 Å². The average molecular weight is 352 g/mol. The van der Waals surface area contributed by atoms with Gasteiger partial charge < -0.3 is 5.11 Å². The molecule has 4 heteroatoms. The number of carboxylic acid groups (broad SMARTS) is 1. The summed E-state index contributed by atoms with van der Waals surface area (Å²) in [4.78, 5) is 18.4. The highest BCUT2D eigenvalue weighted by atomic mass is 16.4. The third-order valence-electron chi connectivity index (χ3n) is 5.34. The predicted octanol–water partition coefficient (Wildman–Crippen LogP) is 4.15. The van der Waals surface area contributed by atoms with Crippen LogP contribution in [0.3, 0.4) is 0 Å². The van der Waals surface area contributed by atoms with E-state index in [0.717, 1.165) is 25.2 Å². The largest absolute Gasteiger partial charge is 0.481 e. The molecule has 0 aliphatic carbocycles. The Morgan fingerprint density at radius 1 is 1.19 bits per heavy atom. The van der Waals surface area contributed by atoms with Crippen molar-refractivity contribution in [2.75, 3.05) is 13.1 Å². The van der Waals surface area contributed by atoms with Gasteiger partial charge in [-0.15, -0.1) is 0 Å². The number of aliphatic carboxylic acids is 1. The third kappa shape index (κ3) is 4.13. The van der Waals surface area contributed by atoms with Crippen LogP contribution in [0, 0.1) is 19.8 Å². The maximum Gasteiger partial charge on any atom is 0.306 e. The molecule has 2 aromatic rings. The van der Waals surface area contributed by atoms with Gasteiger partial charge in [0.15, 0.2) is 0 Å². The molecular formula is C22H28N2O2. The van der Waals surface area contributed by atoms with Crippen molar-refractivity contribution >= 4 is 5.97 Å². The Kier molecular flexibility index (Phi) is 5.72. The zero-order chi connectivity index (χ0) is 18.7. The maximum atomic E-state index is 11.3. The number of hydrogen-bond acceptors (Lipinski definition) is 3. The Bertz CT molecular complexity index is 742. The predicted molar refractivity (Wildman–Crippen MR) is 103 cm³/mol. The summed E-state index contributed by atoms with van der Waals surface area (Å²) in [6.45, 7) is 7.95. The topological polar surface area (TPSA) is 53.4 Å². The summed E-state index contributed by atoms with van der Waals surface area (Å²) in [5, 5.41) is 9.30. The van der Waals surface area contributed by atoms with Crippen molar-refractivity contribution < 1.29 is 9.90 Å². The first-order chi connectivity index (χ1) is 12.5. The number of aromatic nitrogens is 1. The highest BCUT2D eigenvalue weighted by Crippen LogP contribution is 2.32. The van der Waals surface area contributed by atoms with E-state index in [9.17, 15) is 9.90 Å². The summed E-state index contributed by atoms with van der Waals surface area (Å²) in [6, 6.07) is 11.0. The number of aryl methyl sites for hydroxylation is 3. The summed E-state index contributed by atoms with van der Waals surface area (Å²) in [5.74, 6) is -0.889. The van der Waals surface area contributed by atoms with Gasteiger partial charge in [-0.05, 0) is 63.4 Å². The molecule has 1 N–H and O–H groups in total. The average Bonchev–Trinajstić information content (AvgIpc) is 2.62. The number of likely N-dealkylation sites (tertiary alicyclic amines) is 1. The minimum Gasteiger partial charge on any atom is -0.481 e. The number of pyridine rings is 1. The van der Waals surface area contributed by atoms with Crippen molar-refractivity contribution in [1.82, 2.24) is 9.88 Å². The molecule has 0 bridgehead atoms. The van der Waals surface area contributed by atoms with E-state index in [2.05, 4.69) is 56.0 Å². The Morgan fingerprint density at radius 3 is 2.35 bits per heavy atom. The van der Waals surface area contributed by atoms with Crippen LogP contribution in [0.25, 0.3) is 0 Å². The van der Waals surface area contributed by atoms with Gasteiger partial charge in [-0.1, -0.05) is 42.3 Å². The van der Waals surface area contributed by atoms with E-state index in [1.807, 2.05) is 6.20 Å². The van der Waals surface area contributed by atoms with Crippen LogP contribution in [0.5, 0.6) is 0 Å². The molecule has 2 heterocycles. The molecule has 1 unspecified atom stereocenters. The molecule has 0 radical (unpaired) electrons. The molecule has 4 nitrogen and oxygen atoms in total. The van der Waals surface area contributed by atoms with E-state index in [0.29, 0.717) is 12.8 Å². The van der Waals surface area contributed by atoms with Crippen LogP contribution in [0.4, 0.5) is 0 Å². The van der Waals surface area contributed by atoms with Gasteiger partial charge in [-0.25, -0.2) is 0 Å². The molecule has 0 spiro atoms. The summed E-state index contributed by atoms with van der Waals surface area (Å²) in [7, 11) is 0. The van der Waals surface area contributed by atoms with Crippen LogP contribution in [-0.2, 0) is 11.2 Å². The molecule has 26 heavy (non-hydrogen) atoms. The molecule has 1 aliphatic heterocycles. The quantitative estimate of drug-likeness (QED) is 0.878. The lowest BCUT2D eigenvalue weighted by Crippen LogP contribution is -2.39. The molecule has 0 saturated carbocycles. The monoisotopic (exact) mass is 352 g/mol. The van der Waals surface area contributed by atoms with E-state index >= 15 is 0 Å². The molecule has 1 aliphatic rings. The van der Waals surface area contributed by atoms with Gasteiger partial charge in [0.25, 0.3) is 0 Å². The Hall–Kier alpha value is -2.20. The van der Waals surface area contributed by atoms with Crippen molar-refractivity contribution in [3.8, 4) is 0 Å². The Labute approximate surface area is 155 Å². The molecular weight excluding hydrogens is 324 g/mol. The van der Waals surface area contributed by atoms with E-state index in [4.69, 9.17) is 4.98 Å². The van der Waals surface area contributed by atoms with Gasteiger partial charge >= 0.3 is 5.97 Å². The second-order valence-electron chi connectivity index (χ2n) is 7.42. The van der Waals surface area contributed by atoms with Crippen LogP contribution in [0.15, 0.2) is 36.5 Å². The Balaban J connectivity index is 1.94. The molecule has 1 atom stereocenters. The van der Waals surface area contributed by atoms with Crippen molar-refractivity contribution in [2.45, 2.75) is 46.1 Å². The maximum absolute atomic E-state index is 11.3. The van der Waals surface area contributed by atoms with Crippen LogP contribution in [0.1, 0.15) is 53.8 Å². The fraction of sp³-hybridized carbons (Fsp3) is 0.455. The molecule has 0 amide bonds. The van der Waals surface area contributed by atoms with E-state index in [-0.39, 0.29) is 12.0 Å². The van der Waals surface area contributed by atoms with E-state index in [1.165, 1.54) is 22.3 Å². The second-order valence-corrected chi connectivity index (χ2v) is 7.42. The first-order valence-corrected chi connectivity index (χ1v) is 9.47. The fourth-order valence-corrected chi connectivity index (χ4v) is 3.95. The summed E-state index contributed by atoms with van der Waals surface area (Å²) in [6.07, 6.45) is 4.34. The lowest BCUT2D eigenvalue weighted by molar-refractivity contribution is -0.143. The zero-order valence-electron chi connectivity index (χ0n) is 15.9. The number of carbonyl (C=O) groups is 1. The van der Waals surface area contributed by atoms with Crippen molar-refractivity contribution in [2.24, 2.45) is 5.92 Å².